The van der Waals surface area contributed by atoms with Crippen molar-refractivity contribution in [2.45, 2.75) is 37.5 Å². The molecule has 1 aromatic carbocycles. The molecule has 6 nitrogen and oxygen atoms in total. The second kappa shape index (κ2) is 8.42. The van der Waals surface area contributed by atoms with Gasteiger partial charge in [0, 0.05) is 32.1 Å². The smallest absolute Gasteiger partial charge is 0.221 e. The van der Waals surface area contributed by atoms with E-state index in [2.05, 4.69) is 5.32 Å². The normalized spacial score (nSPS) is 19.4. The zero-order valence-corrected chi connectivity index (χ0v) is 14.1. The summed E-state index contributed by atoms with van der Waals surface area (Å²) in [6.07, 6.45) is 2.89. The van der Waals surface area contributed by atoms with Crippen LogP contribution in [0.5, 0.6) is 0 Å². The van der Waals surface area contributed by atoms with Gasteiger partial charge in [0.1, 0.15) is 0 Å². The van der Waals surface area contributed by atoms with E-state index in [1.165, 1.54) is 0 Å². The number of nitrogens with one attached hydrogen (secondary N) is 1. The third kappa shape index (κ3) is 5.30. The Morgan fingerprint density at radius 3 is 2.70 bits per heavy atom. The van der Waals surface area contributed by atoms with E-state index in [1.807, 2.05) is 30.3 Å². The highest BCUT2D eigenvalue weighted by Gasteiger charge is 2.32. The average molecular weight is 339 g/mol. The Hall–Kier alpha value is -1.44. The summed E-state index contributed by atoms with van der Waals surface area (Å²) in [5, 5.41) is 2.79. The average Bonchev–Trinajstić information content (AvgIpc) is 2.54. The fraction of sp³-hybridized carbons (Fsp3) is 0.562. The fourth-order valence-corrected chi connectivity index (χ4v) is 4.68. The number of sulfonamides is 1. The Labute approximate surface area is 138 Å². The molecule has 7 heteroatoms. The second-order valence-electron chi connectivity index (χ2n) is 5.84. The highest BCUT2D eigenvalue weighted by molar-refractivity contribution is 7.88. The lowest BCUT2D eigenvalue weighted by atomic mass is 10.1. The number of nitrogens with two attached hydrogens (primary N) is 1. The maximum absolute atomic E-state index is 12.7. The lowest BCUT2D eigenvalue weighted by Crippen LogP contribution is -2.49. The summed E-state index contributed by atoms with van der Waals surface area (Å²) in [7, 11) is -3.39. The van der Waals surface area contributed by atoms with Crippen LogP contribution in [0.25, 0.3) is 0 Å². The fourth-order valence-electron chi connectivity index (χ4n) is 2.86. The minimum absolute atomic E-state index is 0.00108. The number of hydrogen-bond donors (Lipinski definition) is 2. The molecule has 3 N–H and O–H groups in total. The third-order valence-corrected chi connectivity index (χ3v) is 5.92. The first-order chi connectivity index (χ1) is 11.0. The summed E-state index contributed by atoms with van der Waals surface area (Å²) in [6, 6.07) is 9.02. The van der Waals surface area contributed by atoms with Gasteiger partial charge in [-0.3, -0.25) is 4.79 Å². The molecule has 1 saturated heterocycles. The lowest BCUT2D eigenvalue weighted by Gasteiger charge is -2.34. The molecular formula is C16H25N3O3S. The number of amides is 1. The van der Waals surface area contributed by atoms with Crippen LogP contribution in [0.3, 0.4) is 0 Å². The molecule has 1 heterocycles. The van der Waals surface area contributed by atoms with E-state index in [0.29, 0.717) is 19.6 Å². The molecule has 0 aromatic heterocycles. The Bertz CT molecular complexity index is 604. The van der Waals surface area contributed by atoms with Crippen molar-refractivity contribution in [3.05, 3.63) is 35.9 Å². The van der Waals surface area contributed by atoms with Crippen molar-refractivity contribution in [3.8, 4) is 0 Å². The molecule has 0 saturated carbocycles. The molecule has 0 aliphatic carbocycles. The second-order valence-corrected chi connectivity index (χ2v) is 7.77. The van der Waals surface area contributed by atoms with Crippen LogP contribution in [0.2, 0.25) is 0 Å². The van der Waals surface area contributed by atoms with Gasteiger partial charge in [-0.25, -0.2) is 8.42 Å². The van der Waals surface area contributed by atoms with Gasteiger partial charge in [0.05, 0.1) is 5.75 Å². The monoisotopic (exact) mass is 339 g/mol. The molecule has 1 amide bonds. The number of rotatable bonds is 7. The van der Waals surface area contributed by atoms with E-state index in [-0.39, 0.29) is 24.1 Å². The van der Waals surface area contributed by atoms with Crippen molar-refractivity contribution < 1.29 is 13.2 Å². The summed E-state index contributed by atoms with van der Waals surface area (Å²) < 4.78 is 27.0. The van der Waals surface area contributed by atoms with E-state index in [0.717, 1.165) is 24.8 Å². The predicted molar refractivity (Wildman–Crippen MR) is 90.1 cm³/mol. The molecule has 128 valence electrons. The molecule has 1 aliphatic heterocycles. The minimum atomic E-state index is -3.39. The zero-order valence-electron chi connectivity index (χ0n) is 13.3. The first-order valence-corrected chi connectivity index (χ1v) is 9.64. The van der Waals surface area contributed by atoms with Gasteiger partial charge in [-0.2, -0.15) is 4.31 Å². The van der Waals surface area contributed by atoms with Crippen molar-refractivity contribution in [2.24, 2.45) is 5.73 Å². The maximum Gasteiger partial charge on any atom is 0.221 e. The largest absolute Gasteiger partial charge is 0.354 e. The van der Waals surface area contributed by atoms with Crippen molar-refractivity contribution in [3.63, 3.8) is 0 Å². The van der Waals surface area contributed by atoms with Crippen LogP contribution in [-0.2, 0) is 20.6 Å². The number of nitrogens with zero attached hydrogens (tertiary/aromatic N) is 1. The molecule has 0 bridgehead atoms. The molecule has 1 fully saturated rings. The number of carbonyl (C=O) groups is 1. The molecular weight excluding hydrogens is 314 g/mol. The van der Waals surface area contributed by atoms with Gasteiger partial charge in [-0.05, 0) is 18.4 Å². The van der Waals surface area contributed by atoms with Gasteiger partial charge in [-0.15, -0.1) is 0 Å². The first-order valence-electron chi connectivity index (χ1n) is 8.03. The summed E-state index contributed by atoms with van der Waals surface area (Å²) >= 11 is 0. The van der Waals surface area contributed by atoms with E-state index < -0.39 is 10.0 Å². The van der Waals surface area contributed by atoms with Crippen LogP contribution in [0.15, 0.2) is 30.3 Å². The number of carbonyl (C=O) groups excluding carboxylic acids is 1. The minimum Gasteiger partial charge on any atom is -0.354 e. The SMILES string of the molecule is NCCC(=O)NCC1CCCCN1S(=O)(=O)Cc1ccccc1. The maximum atomic E-state index is 12.7. The highest BCUT2D eigenvalue weighted by atomic mass is 32.2. The van der Waals surface area contributed by atoms with Crippen LogP contribution in [0, 0.1) is 0 Å². The third-order valence-electron chi connectivity index (χ3n) is 4.03. The van der Waals surface area contributed by atoms with Crippen molar-refractivity contribution in [1.29, 1.82) is 0 Å². The summed E-state index contributed by atoms with van der Waals surface area (Å²) in [6.45, 7) is 1.17. The Kier molecular flexibility index (Phi) is 6.56. The van der Waals surface area contributed by atoms with Crippen molar-refractivity contribution in [1.82, 2.24) is 9.62 Å². The molecule has 0 radical (unpaired) electrons. The predicted octanol–water partition coefficient (Wildman–Crippen LogP) is 0.836. The van der Waals surface area contributed by atoms with Crippen LogP contribution in [0.1, 0.15) is 31.2 Å². The van der Waals surface area contributed by atoms with Crippen LogP contribution >= 0.6 is 0 Å². The quantitative estimate of drug-likeness (QED) is 0.770. The number of hydrogen-bond acceptors (Lipinski definition) is 4. The lowest BCUT2D eigenvalue weighted by molar-refractivity contribution is -0.121. The molecule has 23 heavy (non-hydrogen) atoms. The van der Waals surface area contributed by atoms with Gasteiger partial charge in [-0.1, -0.05) is 36.8 Å². The van der Waals surface area contributed by atoms with Crippen molar-refractivity contribution >= 4 is 15.9 Å². The van der Waals surface area contributed by atoms with Crippen molar-refractivity contribution in [2.75, 3.05) is 19.6 Å². The van der Waals surface area contributed by atoms with E-state index in [1.54, 1.807) is 4.31 Å². The van der Waals surface area contributed by atoms with E-state index in [4.69, 9.17) is 5.73 Å². The topological polar surface area (TPSA) is 92.5 Å². The standard InChI is InChI=1S/C16H25N3O3S/c17-10-9-16(20)18-12-15-8-4-5-11-19(15)23(21,22)13-14-6-2-1-3-7-14/h1-3,6-7,15H,4-5,8-13,17H2,(H,18,20). The summed E-state index contributed by atoms with van der Waals surface area (Å²) in [5.41, 5.74) is 6.13. The Balaban J connectivity index is 2.03. The van der Waals surface area contributed by atoms with E-state index in [9.17, 15) is 13.2 Å². The van der Waals surface area contributed by atoms with Gasteiger partial charge < -0.3 is 11.1 Å². The van der Waals surface area contributed by atoms with Gasteiger partial charge in [0.25, 0.3) is 0 Å². The zero-order chi connectivity index (χ0) is 16.7. The van der Waals surface area contributed by atoms with Gasteiger partial charge >= 0.3 is 0 Å². The van der Waals surface area contributed by atoms with Crippen LogP contribution in [-0.4, -0.2) is 44.3 Å². The van der Waals surface area contributed by atoms with Gasteiger partial charge in [0.2, 0.25) is 15.9 Å². The molecule has 1 unspecified atom stereocenters. The van der Waals surface area contributed by atoms with Gasteiger partial charge in [0.15, 0.2) is 0 Å². The molecule has 2 rings (SSSR count). The highest BCUT2D eigenvalue weighted by Crippen LogP contribution is 2.22. The Morgan fingerprint density at radius 2 is 2.00 bits per heavy atom. The molecule has 1 atom stereocenters. The summed E-state index contributed by atoms with van der Waals surface area (Å²) in [4.78, 5) is 11.6. The first kappa shape index (κ1) is 17.9. The number of benzene rings is 1. The Morgan fingerprint density at radius 1 is 1.26 bits per heavy atom. The van der Waals surface area contributed by atoms with Crippen LogP contribution < -0.4 is 11.1 Å². The summed E-state index contributed by atoms with van der Waals surface area (Å²) in [5.74, 6) is -0.125. The van der Waals surface area contributed by atoms with Crippen LogP contribution in [0.4, 0.5) is 0 Å². The van der Waals surface area contributed by atoms with E-state index >= 15 is 0 Å². The molecule has 1 aliphatic rings. The number of piperidine rings is 1. The molecule has 1 aromatic rings. The molecule has 0 spiro atoms.